The van der Waals surface area contributed by atoms with E-state index in [0.717, 1.165) is 42.5 Å². The number of hydrogen-bond donors (Lipinski definition) is 1. The normalized spacial score (nSPS) is 17.0. The van der Waals surface area contributed by atoms with E-state index >= 15 is 0 Å². The number of nitrogens with zero attached hydrogens (tertiary/aromatic N) is 3. The van der Waals surface area contributed by atoms with Crippen molar-refractivity contribution in [3.8, 4) is 5.75 Å². The smallest absolute Gasteiger partial charge is 0.347 e. The van der Waals surface area contributed by atoms with Crippen molar-refractivity contribution < 1.29 is 18.7 Å². The topological polar surface area (TPSA) is 109 Å². The van der Waals surface area contributed by atoms with Gasteiger partial charge < -0.3 is 24.7 Å². The summed E-state index contributed by atoms with van der Waals surface area (Å²) < 4.78 is 12.3. The second-order valence-electron chi connectivity index (χ2n) is 10.6. The fourth-order valence-corrected chi connectivity index (χ4v) is 6.39. The van der Waals surface area contributed by atoms with Crippen LogP contribution in [0.3, 0.4) is 0 Å². The summed E-state index contributed by atoms with van der Waals surface area (Å²) >= 11 is 0. The van der Waals surface area contributed by atoms with Gasteiger partial charge in [-0.25, -0.2) is 14.5 Å². The minimum Gasteiger partial charge on any atom is -0.456 e. The van der Waals surface area contributed by atoms with Crippen molar-refractivity contribution in [1.82, 2.24) is 4.90 Å². The Morgan fingerprint density at radius 3 is 2.14 bits per heavy atom. The molecule has 0 fully saturated rings. The SMILES string of the molecule is CCN(CC)c1ccc2c(c1)OC(c1cc3ccc(N(CC)CC)cc3oc1=O)=CC21c2ccccc2C(=O)N1C(N)=O. The molecule has 220 valence electrons. The second-order valence-corrected chi connectivity index (χ2v) is 10.6. The van der Waals surface area contributed by atoms with Crippen LogP contribution >= 0.6 is 0 Å². The Balaban J connectivity index is 1.61. The predicted octanol–water partition coefficient (Wildman–Crippen LogP) is 5.70. The van der Waals surface area contributed by atoms with E-state index in [0.29, 0.717) is 33.4 Å². The van der Waals surface area contributed by atoms with Crippen LogP contribution in [-0.2, 0) is 5.54 Å². The second kappa shape index (κ2) is 10.7. The van der Waals surface area contributed by atoms with Crippen LogP contribution < -0.4 is 25.9 Å². The number of fused-ring (bicyclic) bond motifs is 5. The molecule has 2 N–H and O–H groups in total. The molecular weight excluding hydrogens is 544 g/mol. The Hall–Kier alpha value is -5.05. The lowest BCUT2D eigenvalue weighted by Gasteiger charge is -2.39. The number of nitrogens with two attached hydrogens (primary N) is 1. The maximum Gasteiger partial charge on any atom is 0.347 e. The molecule has 43 heavy (non-hydrogen) atoms. The van der Waals surface area contributed by atoms with Crippen LogP contribution in [0.1, 0.15) is 54.7 Å². The van der Waals surface area contributed by atoms with Gasteiger partial charge in [-0.3, -0.25) is 4.79 Å². The van der Waals surface area contributed by atoms with Gasteiger partial charge in [0.25, 0.3) is 5.91 Å². The summed E-state index contributed by atoms with van der Waals surface area (Å²) in [5, 5.41) is 0.710. The van der Waals surface area contributed by atoms with E-state index in [1.54, 1.807) is 30.3 Å². The molecule has 1 aromatic heterocycles. The number of anilines is 2. The Labute approximate surface area is 249 Å². The highest BCUT2D eigenvalue weighted by Gasteiger charge is 2.55. The summed E-state index contributed by atoms with van der Waals surface area (Å²) in [6.45, 7) is 11.4. The quantitative estimate of drug-likeness (QED) is 0.280. The highest BCUT2D eigenvalue weighted by molar-refractivity contribution is 6.10. The molecule has 1 unspecified atom stereocenters. The van der Waals surface area contributed by atoms with Crippen molar-refractivity contribution in [2.75, 3.05) is 36.0 Å². The van der Waals surface area contributed by atoms with Crippen molar-refractivity contribution in [1.29, 1.82) is 0 Å². The van der Waals surface area contributed by atoms with Crippen LogP contribution in [0.2, 0.25) is 0 Å². The van der Waals surface area contributed by atoms with Gasteiger partial charge in [0.1, 0.15) is 28.2 Å². The third-order valence-corrected chi connectivity index (χ3v) is 8.52. The first-order valence-corrected chi connectivity index (χ1v) is 14.6. The number of carbonyl (C=O) groups excluding carboxylic acids is 2. The monoisotopic (exact) mass is 578 g/mol. The van der Waals surface area contributed by atoms with Gasteiger partial charge in [0.15, 0.2) is 0 Å². The van der Waals surface area contributed by atoms with Gasteiger partial charge in [-0.05, 0) is 69.7 Å². The third kappa shape index (κ3) is 4.26. The minimum atomic E-state index is -1.43. The van der Waals surface area contributed by atoms with Crippen molar-refractivity contribution in [2.45, 2.75) is 33.2 Å². The van der Waals surface area contributed by atoms with Crippen LogP contribution in [0.15, 0.2) is 82.0 Å². The first-order valence-electron chi connectivity index (χ1n) is 14.6. The molecule has 9 heteroatoms. The average molecular weight is 579 g/mol. The number of hydrogen-bond acceptors (Lipinski definition) is 7. The van der Waals surface area contributed by atoms with Crippen LogP contribution in [-0.4, -0.2) is 43.0 Å². The Bertz CT molecular complexity index is 1850. The number of imide groups is 1. The third-order valence-electron chi connectivity index (χ3n) is 8.52. The summed E-state index contributed by atoms with van der Waals surface area (Å²) in [5.41, 5.74) is 7.85. The number of amides is 3. The van der Waals surface area contributed by atoms with Gasteiger partial charge in [-0.1, -0.05) is 24.3 Å². The number of carbonyl (C=O) groups is 2. The molecule has 0 bridgehead atoms. The Kier molecular flexibility index (Phi) is 6.96. The summed E-state index contributed by atoms with van der Waals surface area (Å²) in [4.78, 5) is 45.6. The minimum absolute atomic E-state index is 0.169. The van der Waals surface area contributed by atoms with E-state index in [1.807, 2.05) is 42.5 Å². The van der Waals surface area contributed by atoms with E-state index in [9.17, 15) is 14.4 Å². The maximum atomic E-state index is 13.7. The van der Waals surface area contributed by atoms with E-state index in [2.05, 4.69) is 37.5 Å². The lowest BCUT2D eigenvalue weighted by molar-refractivity contribution is 0.0758. The highest BCUT2D eigenvalue weighted by Crippen LogP contribution is 2.53. The lowest BCUT2D eigenvalue weighted by Crippen LogP contribution is -2.51. The maximum absolute atomic E-state index is 13.7. The number of rotatable bonds is 7. The molecule has 1 atom stereocenters. The van der Waals surface area contributed by atoms with Gasteiger partial charge in [0.2, 0.25) is 0 Å². The van der Waals surface area contributed by atoms with Crippen molar-refractivity contribution in [3.63, 3.8) is 0 Å². The first kappa shape index (κ1) is 28.1. The van der Waals surface area contributed by atoms with E-state index in [-0.39, 0.29) is 11.3 Å². The fourth-order valence-electron chi connectivity index (χ4n) is 6.39. The summed E-state index contributed by atoms with van der Waals surface area (Å²) in [6, 6.07) is 19.3. The number of benzene rings is 3. The van der Waals surface area contributed by atoms with Gasteiger partial charge in [-0.2, -0.15) is 0 Å². The summed E-state index contributed by atoms with van der Waals surface area (Å²) in [5.74, 6) is 0.0614. The van der Waals surface area contributed by atoms with E-state index in [1.165, 1.54) is 0 Å². The van der Waals surface area contributed by atoms with Crippen LogP contribution in [0.4, 0.5) is 16.2 Å². The number of urea groups is 1. The zero-order valence-electron chi connectivity index (χ0n) is 24.7. The van der Waals surface area contributed by atoms with Crippen LogP contribution in [0.25, 0.3) is 16.7 Å². The van der Waals surface area contributed by atoms with Gasteiger partial charge >= 0.3 is 11.7 Å². The van der Waals surface area contributed by atoms with Crippen molar-refractivity contribution >= 4 is 40.0 Å². The predicted molar refractivity (Wildman–Crippen MR) is 168 cm³/mol. The zero-order valence-corrected chi connectivity index (χ0v) is 24.7. The number of primary amides is 1. The number of ether oxygens (including phenoxy) is 1. The molecule has 9 nitrogen and oxygen atoms in total. The molecule has 2 aliphatic rings. The molecular formula is C34H34N4O5. The molecule has 3 aromatic carbocycles. The summed E-state index contributed by atoms with van der Waals surface area (Å²) in [7, 11) is 0. The molecule has 4 aromatic rings. The summed E-state index contributed by atoms with van der Waals surface area (Å²) in [6.07, 6.45) is 1.64. The Morgan fingerprint density at radius 1 is 0.814 bits per heavy atom. The molecule has 3 amide bonds. The van der Waals surface area contributed by atoms with Gasteiger partial charge in [-0.15, -0.1) is 0 Å². The Morgan fingerprint density at radius 2 is 1.47 bits per heavy atom. The molecule has 6 rings (SSSR count). The van der Waals surface area contributed by atoms with Crippen molar-refractivity contribution in [3.05, 3.63) is 105 Å². The standard InChI is InChI=1S/C34H34N4O5/c1-5-36(6-2)22-14-13-21-17-25(32(40)43-28(21)18-22)30-20-34(26-12-10-9-11-24(26)31(39)38(34)33(35)41)27-16-15-23(19-29(27)42-30)37(7-3)8-4/h9-20H,5-8H2,1-4H3,(H2,35,41). The molecule has 0 radical (unpaired) electrons. The molecule has 2 aliphatic heterocycles. The van der Waals surface area contributed by atoms with Gasteiger partial charge in [0, 0.05) is 66.2 Å². The molecule has 0 saturated heterocycles. The zero-order chi connectivity index (χ0) is 30.5. The van der Waals surface area contributed by atoms with Crippen LogP contribution in [0.5, 0.6) is 5.75 Å². The first-order chi connectivity index (χ1) is 20.8. The van der Waals surface area contributed by atoms with Gasteiger partial charge in [0.05, 0.1) is 0 Å². The fraction of sp³-hybridized carbons (Fsp3) is 0.265. The highest BCUT2D eigenvalue weighted by atomic mass is 16.5. The molecule has 1 spiro atoms. The lowest BCUT2D eigenvalue weighted by atomic mass is 9.79. The largest absolute Gasteiger partial charge is 0.456 e. The molecule has 3 heterocycles. The van der Waals surface area contributed by atoms with E-state index < -0.39 is 23.1 Å². The molecule has 0 saturated carbocycles. The van der Waals surface area contributed by atoms with E-state index in [4.69, 9.17) is 14.9 Å². The average Bonchev–Trinajstić information content (AvgIpc) is 3.25. The molecule has 0 aliphatic carbocycles. The van der Waals surface area contributed by atoms with Crippen molar-refractivity contribution in [2.24, 2.45) is 5.73 Å². The van der Waals surface area contributed by atoms with Crippen LogP contribution in [0, 0.1) is 0 Å².